The number of amides is 1. The molecule has 1 aliphatic rings. The molecule has 0 spiro atoms. The molecule has 1 aromatic rings. The van der Waals surface area contributed by atoms with E-state index in [0.29, 0.717) is 11.6 Å². The topological polar surface area (TPSA) is 65.1 Å². The monoisotopic (exact) mass is 236 g/mol. The van der Waals surface area contributed by atoms with Crippen LogP contribution in [0, 0.1) is 5.92 Å². The molecule has 94 valence electrons. The number of aromatic nitrogens is 1. The second-order valence-electron chi connectivity index (χ2n) is 5.16. The van der Waals surface area contributed by atoms with Crippen LogP contribution in [0.15, 0.2) is 18.3 Å². The van der Waals surface area contributed by atoms with E-state index >= 15 is 0 Å². The van der Waals surface area contributed by atoms with Gasteiger partial charge in [-0.05, 0) is 43.7 Å². The molecule has 1 aliphatic carbocycles. The Morgan fingerprint density at radius 3 is 2.82 bits per heavy atom. The highest BCUT2D eigenvalue weighted by Crippen LogP contribution is 2.31. The van der Waals surface area contributed by atoms with Gasteiger partial charge < -0.3 is 15.4 Å². The van der Waals surface area contributed by atoms with Gasteiger partial charge in [-0.15, -0.1) is 0 Å². The molecule has 4 nitrogen and oxygen atoms in total. The fourth-order valence-corrected chi connectivity index (χ4v) is 2.42. The van der Waals surface area contributed by atoms with Crippen LogP contribution < -0.4 is 5.32 Å². The standard InChI is InChI=1S/C13H20N2O2/c1-10-4-6-13(9-16,7-5-10)15-12(17)11-3-2-8-14-11/h2-3,8,10,14,16H,4-7,9H2,1H3,(H,15,17). The zero-order chi connectivity index (χ0) is 12.3. The van der Waals surface area contributed by atoms with Gasteiger partial charge in [0, 0.05) is 6.20 Å². The highest BCUT2D eigenvalue weighted by molar-refractivity contribution is 5.92. The van der Waals surface area contributed by atoms with Gasteiger partial charge in [-0.2, -0.15) is 0 Å². The second-order valence-corrected chi connectivity index (χ2v) is 5.16. The van der Waals surface area contributed by atoms with Crippen LogP contribution in [0.2, 0.25) is 0 Å². The van der Waals surface area contributed by atoms with Gasteiger partial charge in [0.05, 0.1) is 12.1 Å². The van der Waals surface area contributed by atoms with Crippen molar-refractivity contribution in [3.05, 3.63) is 24.0 Å². The first-order valence-corrected chi connectivity index (χ1v) is 6.22. The van der Waals surface area contributed by atoms with Gasteiger partial charge in [0.15, 0.2) is 0 Å². The average Bonchev–Trinajstić information content (AvgIpc) is 2.86. The lowest BCUT2D eigenvalue weighted by Gasteiger charge is -2.38. The summed E-state index contributed by atoms with van der Waals surface area (Å²) in [6, 6.07) is 3.54. The molecule has 0 atom stereocenters. The predicted octanol–water partition coefficient (Wildman–Crippen LogP) is 1.69. The van der Waals surface area contributed by atoms with Gasteiger partial charge in [0.25, 0.3) is 5.91 Å². The summed E-state index contributed by atoms with van der Waals surface area (Å²) in [6.45, 7) is 2.24. The third kappa shape index (κ3) is 2.69. The van der Waals surface area contributed by atoms with Gasteiger partial charge in [-0.1, -0.05) is 6.92 Å². The van der Waals surface area contributed by atoms with Crippen molar-refractivity contribution in [3.63, 3.8) is 0 Å². The molecule has 0 aromatic carbocycles. The molecule has 1 saturated carbocycles. The molecular weight excluding hydrogens is 216 g/mol. The molecule has 3 N–H and O–H groups in total. The van der Waals surface area contributed by atoms with E-state index in [-0.39, 0.29) is 12.5 Å². The van der Waals surface area contributed by atoms with Gasteiger partial charge in [-0.25, -0.2) is 0 Å². The molecule has 1 heterocycles. The van der Waals surface area contributed by atoms with E-state index in [2.05, 4.69) is 17.2 Å². The summed E-state index contributed by atoms with van der Waals surface area (Å²) < 4.78 is 0. The van der Waals surface area contributed by atoms with E-state index in [1.807, 2.05) is 0 Å². The first kappa shape index (κ1) is 12.2. The van der Waals surface area contributed by atoms with Crippen molar-refractivity contribution in [2.24, 2.45) is 5.92 Å². The molecule has 0 bridgehead atoms. The number of H-pyrrole nitrogens is 1. The van der Waals surface area contributed by atoms with Crippen LogP contribution in [0.25, 0.3) is 0 Å². The number of aliphatic hydroxyl groups excluding tert-OH is 1. The molecule has 4 heteroatoms. The third-order valence-electron chi connectivity index (χ3n) is 3.76. The zero-order valence-corrected chi connectivity index (χ0v) is 10.2. The molecule has 0 saturated heterocycles. The summed E-state index contributed by atoms with van der Waals surface area (Å²) in [4.78, 5) is 14.8. The normalized spacial score (nSPS) is 28.9. The molecule has 17 heavy (non-hydrogen) atoms. The maximum absolute atomic E-state index is 12.0. The highest BCUT2D eigenvalue weighted by atomic mass is 16.3. The van der Waals surface area contributed by atoms with Crippen LogP contribution in [-0.4, -0.2) is 28.1 Å². The third-order valence-corrected chi connectivity index (χ3v) is 3.76. The van der Waals surface area contributed by atoms with E-state index in [4.69, 9.17) is 0 Å². The van der Waals surface area contributed by atoms with E-state index in [9.17, 15) is 9.90 Å². The van der Waals surface area contributed by atoms with Crippen LogP contribution in [0.1, 0.15) is 43.1 Å². The molecule has 1 fully saturated rings. The number of carbonyl (C=O) groups is 1. The summed E-state index contributed by atoms with van der Waals surface area (Å²) in [5, 5.41) is 12.5. The minimum absolute atomic E-state index is 0.0200. The summed E-state index contributed by atoms with van der Waals surface area (Å²) in [7, 11) is 0. The number of hydrogen-bond acceptors (Lipinski definition) is 2. The Kier molecular flexibility index (Phi) is 3.52. The van der Waals surface area contributed by atoms with Crippen LogP contribution in [0.3, 0.4) is 0 Å². The van der Waals surface area contributed by atoms with Crippen molar-refractivity contribution >= 4 is 5.91 Å². The van der Waals surface area contributed by atoms with Crippen molar-refractivity contribution in [3.8, 4) is 0 Å². The predicted molar refractivity (Wildman–Crippen MR) is 65.7 cm³/mol. The number of nitrogens with one attached hydrogen (secondary N) is 2. The molecule has 0 aliphatic heterocycles. The Morgan fingerprint density at radius 1 is 1.59 bits per heavy atom. The van der Waals surface area contributed by atoms with Gasteiger partial charge >= 0.3 is 0 Å². The van der Waals surface area contributed by atoms with E-state index in [1.54, 1.807) is 18.3 Å². The maximum atomic E-state index is 12.0. The van der Waals surface area contributed by atoms with Crippen molar-refractivity contribution in [2.75, 3.05) is 6.61 Å². The SMILES string of the molecule is CC1CCC(CO)(NC(=O)c2ccc[nH]2)CC1. The van der Waals surface area contributed by atoms with Gasteiger partial charge in [0.1, 0.15) is 5.69 Å². The zero-order valence-electron chi connectivity index (χ0n) is 10.2. The Morgan fingerprint density at radius 2 is 2.29 bits per heavy atom. The smallest absolute Gasteiger partial charge is 0.268 e. The summed E-state index contributed by atoms with van der Waals surface area (Å²) in [5.74, 6) is 0.565. The van der Waals surface area contributed by atoms with Crippen LogP contribution in [0.4, 0.5) is 0 Å². The molecular formula is C13H20N2O2. The molecule has 1 amide bonds. The number of rotatable bonds is 3. The van der Waals surface area contributed by atoms with Crippen molar-refractivity contribution < 1.29 is 9.90 Å². The van der Waals surface area contributed by atoms with E-state index in [0.717, 1.165) is 25.7 Å². The Hall–Kier alpha value is -1.29. The Bertz CT molecular complexity index is 365. The number of aliphatic hydroxyl groups is 1. The number of hydrogen-bond donors (Lipinski definition) is 3. The molecule has 0 unspecified atom stereocenters. The van der Waals surface area contributed by atoms with Gasteiger partial charge in [0.2, 0.25) is 0 Å². The second kappa shape index (κ2) is 4.92. The number of carbonyl (C=O) groups excluding carboxylic acids is 1. The van der Waals surface area contributed by atoms with Crippen molar-refractivity contribution in [2.45, 2.75) is 38.1 Å². The lowest BCUT2D eigenvalue weighted by molar-refractivity contribution is 0.0713. The maximum Gasteiger partial charge on any atom is 0.268 e. The summed E-state index contributed by atoms with van der Waals surface area (Å²) >= 11 is 0. The minimum atomic E-state index is -0.422. The fourth-order valence-electron chi connectivity index (χ4n) is 2.42. The van der Waals surface area contributed by atoms with Crippen molar-refractivity contribution in [1.29, 1.82) is 0 Å². The van der Waals surface area contributed by atoms with Crippen LogP contribution >= 0.6 is 0 Å². The largest absolute Gasteiger partial charge is 0.394 e. The van der Waals surface area contributed by atoms with E-state index in [1.165, 1.54) is 0 Å². The molecule has 2 rings (SSSR count). The highest BCUT2D eigenvalue weighted by Gasteiger charge is 2.35. The summed E-state index contributed by atoms with van der Waals surface area (Å²) in [5.41, 5.74) is 0.130. The fraction of sp³-hybridized carbons (Fsp3) is 0.615. The quantitative estimate of drug-likeness (QED) is 0.747. The first-order chi connectivity index (χ1) is 8.15. The van der Waals surface area contributed by atoms with Crippen LogP contribution in [-0.2, 0) is 0 Å². The summed E-state index contributed by atoms with van der Waals surface area (Å²) in [6.07, 6.45) is 5.56. The molecule has 0 radical (unpaired) electrons. The lowest BCUT2D eigenvalue weighted by Crippen LogP contribution is -2.53. The Balaban J connectivity index is 2.02. The minimum Gasteiger partial charge on any atom is -0.394 e. The average molecular weight is 236 g/mol. The van der Waals surface area contributed by atoms with E-state index < -0.39 is 5.54 Å². The lowest BCUT2D eigenvalue weighted by atomic mass is 9.77. The Labute approximate surface area is 101 Å². The number of aromatic amines is 1. The van der Waals surface area contributed by atoms with Crippen LogP contribution in [0.5, 0.6) is 0 Å². The van der Waals surface area contributed by atoms with Crippen molar-refractivity contribution in [1.82, 2.24) is 10.3 Å². The van der Waals surface area contributed by atoms with Gasteiger partial charge in [-0.3, -0.25) is 4.79 Å². The molecule has 1 aromatic heterocycles. The first-order valence-electron chi connectivity index (χ1n) is 6.22.